The minimum absolute atomic E-state index is 0.207. The Morgan fingerprint density at radius 2 is 2.10 bits per heavy atom. The molecule has 0 bridgehead atoms. The number of para-hydroxylation sites is 1. The first kappa shape index (κ1) is 21.4. The zero-order valence-corrected chi connectivity index (χ0v) is 18.1. The number of hydrogen-bond acceptors (Lipinski definition) is 5. The molecular weight excluding hydrogens is 386 g/mol. The molecule has 1 aromatic carbocycles. The number of fused-ring (bicyclic) bond motifs is 1. The first-order valence-electron chi connectivity index (χ1n) is 10.5. The van der Waals surface area contributed by atoms with Gasteiger partial charge in [0.25, 0.3) is 0 Å². The van der Waals surface area contributed by atoms with Crippen LogP contribution >= 0.6 is 11.3 Å². The topological polar surface area (TPSA) is 78.9 Å². The highest BCUT2D eigenvalue weighted by Crippen LogP contribution is 2.22. The van der Waals surface area contributed by atoms with E-state index in [1.165, 1.54) is 9.71 Å². The van der Waals surface area contributed by atoms with E-state index in [0.29, 0.717) is 25.7 Å². The molecule has 3 rings (SSSR count). The molecule has 1 aromatic heterocycles. The third-order valence-corrected chi connectivity index (χ3v) is 5.96. The average Bonchev–Trinajstić information content (AvgIpc) is 3.15. The maximum absolute atomic E-state index is 11.8. The van der Waals surface area contributed by atoms with Crippen LogP contribution in [0.1, 0.15) is 38.1 Å². The van der Waals surface area contributed by atoms with Gasteiger partial charge in [-0.1, -0.05) is 12.1 Å². The van der Waals surface area contributed by atoms with Gasteiger partial charge < -0.3 is 20.3 Å². The Labute approximate surface area is 176 Å². The van der Waals surface area contributed by atoms with E-state index in [9.17, 15) is 4.79 Å². The fourth-order valence-corrected chi connectivity index (χ4v) is 4.39. The van der Waals surface area contributed by atoms with E-state index in [4.69, 9.17) is 14.7 Å². The molecule has 8 heteroatoms. The molecule has 7 nitrogen and oxygen atoms in total. The quantitative estimate of drug-likeness (QED) is 0.410. The van der Waals surface area contributed by atoms with Gasteiger partial charge in [-0.3, -0.25) is 4.99 Å². The van der Waals surface area contributed by atoms with E-state index in [1.54, 1.807) is 16.2 Å². The van der Waals surface area contributed by atoms with E-state index < -0.39 is 0 Å². The van der Waals surface area contributed by atoms with Crippen molar-refractivity contribution in [2.24, 2.45) is 4.99 Å². The summed E-state index contributed by atoms with van der Waals surface area (Å²) >= 11 is 1.77. The van der Waals surface area contributed by atoms with E-state index in [-0.39, 0.29) is 6.09 Å². The molecule has 2 aromatic rings. The van der Waals surface area contributed by atoms with Gasteiger partial charge in [0.15, 0.2) is 5.96 Å². The van der Waals surface area contributed by atoms with Crippen LogP contribution in [-0.2, 0) is 11.2 Å². The lowest BCUT2D eigenvalue weighted by atomic mass is 10.1. The van der Waals surface area contributed by atoms with Gasteiger partial charge in [-0.15, -0.1) is 11.3 Å². The van der Waals surface area contributed by atoms with Gasteiger partial charge in [0.1, 0.15) is 0 Å². The lowest BCUT2D eigenvalue weighted by molar-refractivity contribution is 0.0963. The van der Waals surface area contributed by atoms with Crippen molar-refractivity contribution >= 4 is 33.6 Å². The predicted molar refractivity (Wildman–Crippen MR) is 119 cm³/mol. The first-order valence-corrected chi connectivity index (χ1v) is 11.3. The fourth-order valence-electron chi connectivity index (χ4n) is 3.38. The Morgan fingerprint density at radius 3 is 2.83 bits per heavy atom. The number of guanidine groups is 1. The second-order valence-electron chi connectivity index (χ2n) is 7.04. The second kappa shape index (κ2) is 11.0. The van der Waals surface area contributed by atoms with E-state index in [1.807, 2.05) is 13.0 Å². The molecule has 0 spiro atoms. The van der Waals surface area contributed by atoms with E-state index in [0.717, 1.165) is 50.2 Å². The third-order valence-electron chi connectivity index (χ3n) is 4.86. The maximum atomic E-state index is 11.8. The monoisotopic (exact) mass is 417 g/mol. The molecule has 1 aliphatic heterocycles. The number of piperidine rings is 1. The van der Waals surface area contributed by atoms with Gasteiger partial charge in [0, 0.05) is 38.6 Å². The molecular formula is C21H31N5O2S. The van der Waals surface area contributed by atoms with Crippen LogP contribution in [0.5, 0.6) is 0 Å². The summed E-state index contributed by atoms with van der Waals surface area (Å²) in [4.78, 5) is 23.0. The van der Waals surface area contributed by atoms with Gasteiger partial charge in [0.2, 0.25) is 0 Å². The molecule has 29 heavy (non-hydrogen) atoms. The molecule has 1 amide bonds. The number of thiazole rings is 1. The summed E-state index contributed by atoms with van der Waals surface area (Å²) in [6, 6.07) is 8.59. The minimum atomic E-state index is -0.207. The van der Waals surface area contributed by atoms with Crippen molar-refractivity contribution in [2.75, 3.05) is 32.8 Å². The third kappa shape index (κ3) is 6.32. The van der Waals surface area contributed by atoms with Crippen LogP contribution in [0, 0.1) is 0 Å². The molecule has 1 saturated heterocycles. The second-order valence-corrected chi connectivity index (χ2v) is 8.16. The SMILES string of the molecule is CCNC(=NCCCc1nc2ccccc2s1)NC1CCN(C(=O)OCC)CC1. The van der Waals surface area contributed by atoms with Crippen LogP contribution in [0.4, 0.5) is 4.79 Å². The van der Waals surface area contributed by atoms with Gasteiger partial charge in [-0.2, -0.15) is 0 Å². The van der Waals surface area contributed by atoms with Crippen LogP contribution in [0.2, 0.25) is 0 Å². The lowest BCUT2D eigenvalue weighted by Crippen LogP contribution is -2.49. The Kier molecular flexibility index (Phi) is 8.10. The number of amides is 1. The van der Waals surface area contributed by atoms with Gasteiger partial charge in [-0.25, -0.2) is 9.78 Å². The number of aliphatic imine (C=N–C) groups is 1. The Morgan fingerprint density at radius 1 is 1.31 bits per heavy atom. The number of hydrogen-bond donors (Lipinski definition) is 2. The Bertz CT molecular complexity index is 781. The Balaban J connectivity index is 1.44. The Hall–Kier alpha value is -2.35. The van der Waals surface area contributed by atoms with Crippen molar-refractivity contribution in [1.29, 1.82) is 0 Å². The normalized spacial score (nSPS) is 15.5. The highest BCUT2D eigenvalue weighted by Gasteiger charge is 2.24. The fraction of sp³-hybridized carbons (Fsp3) is 0.571. The van der Waals surface area contributed by atoms with Crippen LogP contribution < -0.4 is 10.6 Å². The van der Waals surface area contributed by atoms with Crippen LogP contribution in [0.3, 0.4) is 0 Å². The summed E-state index contributed by atoms with van der Waals surface area (Å²) in [6.07, 6.45) is 3.50. The van der Waals surface area contributed by atoms with Crippen molar-refractivity contribution in [1.82, 2.24) is 20.5 Å². The van der Waals surface area contributed by atoms with Crippen molar-refractivity contribution in [3.63, 3.8) is 0 Å². The summed E-state index contributed by atoms with van der Waals surface area (Å²) < 4.78 is 6.33. The van der Waals surface area contributed by atoms with Crippen molar-refractivity contribution < 1.29 is 9.53 Å². The maximum Gasteiger partial charge on any atom is 0.409 e. The van der Waals surface area contributed by atoms with Gasteiger partial charge >= 0.3 is 6.09 Å². The summed E-state index contributed by atoms with van der Waals surface area (Å²) in [5, 5.41) is 8.01. The number of carbonyl (C=O) groups excluding carboxylic acids is 1. The van der Waals surface area contributed by atoms with Gasteiger partial charge in [0.05, 0.1) is 21.8 Å². The number of ether oxygens (including phenoxy) is 1. The first-order chi connectivity index (χ1) is 14.2. The number of nitrogens with zero attached hydrogens (tertiary/aromatic N) is 3. The number of carbonyl (C=O) groups is 1. The smallest absolute Gasteiger partial charge is 0.409 e. The summed E-state index contributed by atoms with van der Waals surface area (Å²) in [7, 11) is 0. The molecule has 0 radical (unpaired) electrons. The number of nitrogens with one attached hydrogen (secondary N) is 2. The summed E-state index contributed by atoms with van der Waals surface area (Å²) in [5.74, 6) is 0.853. The van der Waals surface area contributed by atoms with Crippen LogP contribution in [0.15, 0.2) is 29.3 Å². The van der Waals surface area contributed by atoms with Crippen molar-refractivity contribution in [3.8, 4) is 0 Å². The molecule has 158 valence electrons. The number of likely N-dealkylation sites (tertiary alicyclic amines) is 1. The number of aromatic nitrogens is 1. The highest BCUT2D eigenvalue weighted by molar-refractivity contribution is 7.18. The molecule has 0 unspecified atom stereocenters. The molecule has 1 aliphatic rings. The van der Waals surface area contributed by atoms with Gasteiger partial charge in [-0.05, 0) is 45.2 Å². The van der Waals surface area contributed by atoms with Crippen molar-refractivity contribution in [3.05, 3.63) is 29.3 Å². The zero-order chi connectivity index (χ0) is 20.5. The molecule has 0 aliphatic carbocycles. The minimum Gasteiger partial charge on any atom is -0.450 e. The van der Waals surface area contributed by atoms with Crippen LogP contribution in [0.25, 0.3) is 10.2 Å². The number of rotatable bonds is 7. The highest BCUT2D eigenvalue weighted by atomic mass is 32.1. The number of benzene rings is 1. The largest absolute Gasteiger partial charge is 0.450 e. The summed E-state index contributed by atoms with van der Waals surface area (Å²) in [5.41, 5.74) is 1.08. The summed E-state index contributed by atoms with van der Waals surface area (Å²) in [6.45, 7) is 7.34. The average molecular weight is 418 g/mol. The van der Waals surface area contributed by atoms with Crippen molar-refractivity contribution in [2.45, 2.75) is 45.6 Å². The van der Waals surface area contributed by atoms with E-state index in [2.05, 4.69) is 35.8 Å². The standard InChI is InChI=1S/C21H31N5O2S/c1-3-22-20(24-16-11-14-26(15-12-16)21(27)28-4-2)23-13-7-10-19-25-17-8-5-6-9-18(17)29-19/h5-6,8-9,16H,3-4,7,10-15H2,1-2H3,(H2,22,23,24). The predicted octanol–water partition coefficient (Wildman–Crippen LogP) is 3.40. The molecule has 2 heterocycles. The molecule has 1 fully saturated rings. The molecule has 0 atom stereocenters. The van der Waals surface area contributed by atoms with Crippen LogP contribution in [-0.4, -0.2) is 60.8 Å². The molecule has 0 saturated carbocycles. The zero-order valence-electron chi connectivity index (χ0n) is 17.3. The van der Waals surface area contributed by atoms with E-state index >= 15 is 0 Å². The lowest BCUT2D eigenvalue weighted by Gasteiger charge is -2.32. The number of aryl methyl sites for hydroxylation is 1. The molecule has 2 N–H and O–H groups in total.